The summed E-state index contributed by atoms with van der Waals surface area (Å²) in [5.41, 5.74) is 2.34. The fraction of sp³-hybridized carbons (Fsp3) is 0.105. The van der Waals surface area contributed by atoms with Crippen molar-refractivity contribution in [3.8, 4) is 11.3 Å². The lowest BCUT2D eigenvalue weighted by molar-refractivity contribution is -0.384. The van der Waals surface area contributed by atoms with Gasteiger partial charge in [0, 0.05) is 17.7 Å². The predicted molar refractivity (Wildman–Crippen MR) is 105 cm³/mol. The maximum Gasteiger partial charge on any atom is 0.276 e. The normalized spacial score (nSPS) is 11.6. The summed E-state index contributed by atoms with van der Waals surface area (Å²) in [6.45, 7) is 3.61. The molecule has 1 aromatic heterocycles. The molecule has 8 nitrogen and oxygen atoms in total. The van der Waals surface area contributed by atoms with Crippen LogP contribution in [0.5, 0.6) is 0 Å². The van der Waals surface area contributed by atoms with Crippen molar-refractivity contribution in [3.63, 3.8) is 0 Å². The van der Waals surface area contributed by atoms with Crippen molar-refractivity contribution >= 4 is 21.9 Å². The highest BCUT2D eigenvalue weighted by molar-refractivity contribution is 7.89. The summed E-state index contributed by atoms with van der Waals surface area (Å²) in [6, 6.07) is 14.2. The van der Waals surface area contributed by atoms with Crippen molar-refractivity contribution in [3.05, 3.63) is 81.6 Å². The Morgan fingerprint density at radius 1 is 1.07 bits per heavy atom. The van der Waals surface area contributed by atoms with Crippen LogP contribution in [0, 0.1) is 24.0 Å². The molecule has 0 unspecified atom stereocenters. The zero-order valence-corrected chi connectivity index (χ0v) is 15.9. The third kappa shape index (κ3) is 4.26. The van der Waals surface area contributed by atoms with Crippen LogP contribution in [0.2, 0.25) is 0 Å². The largest absolute Gasteiger partial charge is 0.455 e. The molecule has 0 spiro atoms. The molecule has 0 saturated carbocycles. The third-order valence-electron chi connectivity index (χ3n) is 4.01. The second-order valence-corrected chi connectivity index (χ2v) is 7.79. The molecule has 9 heteroatoms. The minimum Gasteiger partial charge on any atom is -0.455 e. The van der Waals surface area contributed by atoms with E-state index in [4.69, 9.17) is 4.42 Å². The first-order valence-electron chi connectivity index (χ1n) is 8.23. The van der Waals surface area contributed by atoms with Crippen LogP contribution >= 0.6 is 0 Å². The molecule has 1 N–H and O–H groups in total. The second-order valence-electron chi connectivity index (χ2n) is 6.12. The zero-order valence-electron chi connectivity index (χ0n) is 15.1. The number of sulfonamides is 1. The van der Waals surface area contributed by atoms with Crippen molar-refractivity contribution in [2.24, 2.45) is 5.10 Å². The average molecular weight is 399 g/mol. The van der Waals surface area contributed by atoms with Crippen LogP contribution in [0.15, 0.2) is 69.0 Å². The van der Waals surface area contributed by atoms with Crippen molar-refractivity contribution in [1.29, 1.82) is 0 Å². The molecule has 144 valence electrons. The smallest absolute Gasteiger partial charge is 0.276 e. The molecule has 0 radical (unpaired) electrons. The number of nitro benzene ring substituents is 1. The van der Waals surface area contributed by atoms with Gasteiger partial charge >= 0.3 is 0 Å². The van der Waals surface area contributed by atoms with Gasteiger partial charge in [-0.3, -0.25) is 10.1 Å². The van der Waals surface area contributed by atoms with E-state index in [1.54, 1.807) is 37.3 Å². The highest BCUT2D eigenvalue weighted by Gasteiger charge is 2.13. The maximum atomic E-state index is 12.2. The number of benzene rings is 2. The number of furan rings is 1. The number of non-ortho nitro benzene ring substituents is 1. The first-order valence-corrected chi connectivity index (χ1v) is 9.71. The second kappa shape index (κ2) is 7.65. The van der Waals surface area contributed by atoms with E-state index in [0.29, 0.717) is 22.6 Å². The summed E-state index contributed by atoms with van der Waals surface area (Å²) in [6.07, 6.45) is 1.25. The van der Waals surface area contributed by atoms with Gasteiger partial charge < -0.3 is 4.42 Å². The van der Waals surface area contributed by atoms with Gasteiger partial charge in [0.25, 0.3) is 15.7 Å². The lowest BCUT2D eigenvalue weighted by atomic mass is 10.1. The topological polar surface area (TPSA) is 115 Å². The number of nitro groups is 1. The average Bonchev–Trinajstić information content (AvgIpc) is 3.10. The highest BCUT2D eigenvalue weighted by atomic mass is 32.2. The number of hydrogen-bond donors (Lipinski definition) is 1. The summed E-state index contributed by atoms with van der Waals surface area (Å²) < 4.78 is 30.0. The Hall–Kier alpha value is -3.46. The quantitative estimate of drug-likeness (QED) is 0.385. The van der Waals surface area contributed by atoms with E-state index in [1.165, 1.54) is 30.5 Å². The van der Waals surface area contributed by atoms with Gasteiger partial charge in [-0.25, -0.2) is 0 Å². The molecule has 2 aromatic carbocycles. The molecule has 0 aliphatic carbocycles. The Balaban J connectivity index is 1.74. The van der Waals surface area contributed by atoms with Crippen LogP contribution in [-0.2, 0) is 10.0 Å². The van der Waals surface area contributed by atoms with Crippen LogP contribution in [0.4, 0.5) is 5.69 Å². The molecule has 0 aliphatic heterocycles. The van der Waals surface area contributed by atoms with Crippen LogP contribution < -0.4 is 4.83 Å². The first kappa shape index (κ1) is 19.3. The van der Waals surface area contributed by atoms with Crippen molar-refractivity contribution in [2.75, 3.05) is 0 Å². The maximum absolute atomic E-state index is 12.2. The standard InChI is InChI=1S/C19H17N3O5S/c1-13-3-7-17(8-4-13)28(25,26)21-20-12-16-6-10-19(27-16)18-9-5-15(22(23)24)11-14(18)2/h3-12,21H,1-2H3/b20-12-. The first-order chi connectivity index (χ1) is 13.3. The Labute approximate surface area is 161 Å². The van der Waals surface area contributed by atoms with Gasteiger partial charge in [0.2, 0.25) is 0 Å². The van der Waals surface area contributed by atoms with Crippen LogP contribution in [-0.4, -0.2) is 19.6 Å². The number of hydrogen-bond acceptors (Lipinski definition) is 6. The summed E-state index contributed by atoms with van der Waals surface area (Å²) in [5.74, 6) is 0.828. The molecule has 0 aliphatic rings. The Bertz CT molecular complexity index is 1150. The van der Waals surface area contributed by atoms with Gasteiger partial charge in [-0.1, -0.05) is 17.7 Å². The molecule has 0 amide bonds. The van der Waals surface area contributed by atoms with Gasteiger partial charge in [-0.15, -0.1) is 0 Å². The Kier molecular flexibility index (Phi) is 5.27. The molecule has 3 rings (SSSR count). The number of nitrogens with one attached hydrogen (secondary N) is 1. The zero-order chi connectivity index (χ0) is 20.3. The molecule has 28 heavy (non-hydrogen) atoms. The molecular weight excluding hydrogens is 382 g/mol. The van der Waals surface area contributed by atoms with E-state index in [9.17, 15) is 18.5 Å². The lowest BCUT2D eigenvalue weighted by Gasteiger charge is -2.03. The van der Waals surface area contributed by atoms with Gasteiger partial charge in [-0.05, 0) is 49.7 Å². The molecule has 3 aromatic rings. The van der Waals surface area contributed by atoms with Crippen LogP contribution in [0.25, 0.3) is 11.3 Å². The summed E-state index contributed by atoms with van der Waals surface area (Å²) in [7, 11) is -3.77. The van der Waals surface area contributed by atoms with Crippen LogP contribution in [0.1, 0.15) is 16.9 Å². The van der Waals surface area contributed by atoms with E-state index in [-0.39, 0.29) is 10.6 Å². The summed E-state index contributed by atoms with van der Waals surface area (Å²) >= 11 is 0. The van der Waals surface area contributed by atoms with Crippen molar-refractivity contribution in [1.82, 2.24) is 4.83 Å². The fourth-order valence-corrected chi connectivity index (χ4v) is 3.33. The number of hydrazone groups is 1. The monoisotopic (exact) mass is 399 g/mol. The van der Waals surface area contributed by atoms with E-state index in [1.807, 2.05) is 6.92 Å². The van der Waals surface area contributed by atoms with E-state index >= 15 is 0 Å². The summed E-state index contributed by atoms with van der Waals surface area (Å²) in [4.78, 5) is 12.6. The van der Waals surface area contributed by atoms with E-state index < -0.39 is 14.9 Å². The SMILES string of the molecule is Cc1ccc(S(=O)(=O)N/N=C\c2ccc(-c3ccc([N+](=O)[O-])cc3C)o2)cc1. The van der Waals surface area contributed by atoms with Crippen LogP contribution in [0.3, 0.4) is 0 Å². The minimum absolute atomic E-state index is 0.0000967. The summed E-state index contributed by atoms with van der Waals surface area (Å²) in [5, 5.41) is 14.6. The van der Waals surface area contributed by atoms with Gasteiger partial charge in [0.15, 0.2) is 0 Å². The molecular formula is C19H17N3O5S. The van der Waals surface area contributed by atoms with Gasteiger partial charge in [-0.2, -0.15) is 18.4 Å². The van der Waals surface area contributed by atoms with Crippen molar-refractivity contribution < 1.29 is 17.8 Å². The molecule has 0 bridgehead atoms. The Morgan fingerprint density at radius 2 is 1.79 bits per heavy atom. The van der Waals surface area contributed by atoms with Gasteiger partial charge in [0.1, 0.15) is 11.5 Å². The number of nitrogens with zero attached hydrogens (tertiary/aromatic N) is 2. The molecule has 0 fully saturated rings. The Morgan fingerprint density at radius 3 is 2.43 bits per heavy atom. The van der Waals surface area contributed by atoms with Crippen molar-refractivity contribution in [2.45, 2.75) is 18.7 Å². The van der Waals surface area contributed by atoms with E-state index in [2.05, 4.69) is 9.93 Å². The lowest BCUT2D eigenvalue weighted by Crippen LogP contribution is -2.18. The number of rotatable bonds is 6. The molecule has 0 saturated heterocycles. The molecule has 0 atom stereocenters. The predicted octanol–water partition coefficient (Wildman–Crippen LogP) is 3.78. The minimum atomic E-state index is -3.77. The molecule has 1 heterocycles. The third-order valence-corrected chi connectivity index (χ3v) is 5.25. The number of aryl methyl sites for hydroxylation is 2. The van der Waals surface area contributed by atoms with Gasteiger partial charge in [0.05, 0.1) is 16.0 Å². The highest BCUT2D eigenvalue weighted by Crippen LogP contribution is 2.28. The fourth-order valence-electron chi connectivity index (χ4n) is 2.53. The van der Waals surface area contributed by atoms with E-state index in [0.717, 1.165) is 5.56 Å².